The molecule has 9 rings (SSSR count). The van der Waals surface area contributed by atoms with E-state index >= 15 is 0 Å². The maximum absolute atomic E-state index is 13.7. The number of nitrogens with one attached hydrogen (secondary N) is 2. The zero-order valence-electron chi connectivity index (χ0n) is 36.0. The van der Waals surface area contributed by atoms with Crippen LogP contribution in [-0.2, 0) is 39.3 Å². The van der Waals surface area contributed by atoms with Crippen LogP contribution in [0.5, 0.6) is 0 Å². The first kappa shape index (κ1) is 46.1. The van der Waals surface area contributed by atoms with Gasteiger partial charge in [-0.25, -0.2) is 49.1 Å². The Labute approximate surface area is 385 Å². The van der Waals surface area contributed by atoms with E-state index in [0.29, 0.717) is 0 Å². The Balaban J connectivity index is 1.46. The van der Waals surface area contributed by atoms with Gasteiger partial charge in [0.1, 0.15) is 0 Å². The van der Waals surface area contributed by atoms with Crippen LogP contribution < -0.4 is 22.1 Å². The van der Waals surface area contributed by atoms with Crippen molar-refractivity contribution in [2.45, 2.75) is 39.3 Å². The van der Waals surface area contributed by atoms with Crippen LogP contribution in [0.3, 0.4) is 0 Å². The molecule has 0 aliphatic carbocycles. The molecule has 6 aromatic heterocycles. The summed E-state index contributed by atoms with van der Waals surface area (Å²) >= 11 is 0. The van der Waals surface area contributed by atoms with Gasteiger partial charge in [-0.1, -0.05) is 0 Å². The van der Waals surface area contributed by atoms with Gasteiger partial charge in [0.25, 0.3) is 11.8 Å². The standard InChI is InChI=1S/C46H42N12O10/c47-1-3-49-41(59)23-5-29-17-57-19-31-7-25(43(61)62)13-37(53-31)39-15-27(45(65)66)9-33(55-39)21-58(18-30-6-24(42(60)50-4-2-48)12-36(52-30)35(11-23)51-29)22-34-10-28(46(67)68)16-40(56-34)38-14-26(44(63)64)8-32(20-57)54-38/h5-16H,1-4,17-22,47-48H2,(H,49,59)(H,50,60)(H,61,62)(H,63,64)(H,65,66)(H,67,68). The minimum absolute atomic E-state index is 0.0215. The van der Waals surface area contributed by atoms with Crippen molar-refractivity contribution in [1.82, 2.24) is 50.3 Å². The molecule has 0 saturated heterocycles. The summed E-state index contributed by atoms with van der Waals surface area (Å²) in [7, 11) is 0. The third-order valence-electron chi connectivity index (χ3n) is 10.7. The molecule has 68 heavy (non-hydrogen) atoms. The molecule has 346 valence electrons. The van der Waals surface area contributed by atoms with E-state index in [-0.39, 0.29) is 167 Å². The summed E-state index contributed by atoms with van der Waals surface area (Å²) in [5.74, 6) is -6.24. The van der Waals surface area contributed by atoms with E-state index in [1.54, 1.807) is 9.80 Å². The molecule has 6 aromatic rings. The first-order chi connectivity index (χ1) is 32.6. The van der Waals surface area contributed by atoms with E-state index in [9.17, 15) is 49.2 Å². The van der Waals surface area contributed by atoms with Gasteiger partial charge in [0.15, 0.2) is 0 Å². The predicted octanol–water partition coefficient (Wildman–Crippen LogP) is 2.26. The van der Waals surface area contributed by atoms with Crippen molar-refractivity contribution in [1.29, 1.82) is 0 Å². The molecular formula is C46H42N12O10. The summed E-state index contributed by atoms with van der Waals surface area (Å²) in [6, 6.07) is 16.4. The molecule has 10 N–H and O–H groups in total. The summed E-state index contributed by atoms with van der Waals surface area (Å²) in [5, 5.41) is 46.9. The average Bonchev–Trinajstić information content (AvgIpc) is 3.31. The molecule has 0 atom stereocenters. The van der Waals surface area contributed by atoms with E-state index in [2.05, 4.69) is 10.6 Å². The topological polar surface area (TPSA) is 343 Å². The molecule has 0 radical (unpaired) electrons. The number of carboxylic acids is 4. The van der Waals surface area contributed by atoms with Gasteiger partial charge in [-0.2, -0.15) is 0 Å². The molecule has 2 amide bonds. The minimum atomic E-state index is -1.31. The Morgan fingerprint density at radius 1 is 0.382 bits per heavy atom. The highest BCUT2D eigenvalue weighted by atomic mass is 16.4. The third kappa shape index (κ3) is 10.6. The Hall–Kier alpha value is -8.44. The lowest BCUT2D eigenvalue weighted by molar-refractivity contribution is 0.0685. The van der Waals surface area contributed by atoms with Crippen LogP contribution in [0.2, 0.25) is 0 Å². The number of amides is 2. The van der Waals surface area contributed by atoms with Crippen molar-refractivity contribution in [2.24, 2.45) is 11.5 Å². The Bertz CT molecular complexity index is 2720. The highest BCUT2D eigenvalue weighted by Gasteiger charge is 2.25. The number of nitrogens with two attached hydrogens (primary N) is 2. The van der Waals surface area contributed by atoms with Crippen molar-refractivity contribution >= 4 is 35.7 Å². The van der Waals surface area contributed by atoms with Crippen LogP contribution in [-0.4, -0.2) is 122 Å². The maximum Gasteiger partial charge on any atom is 0.335 e. The number of carbonyl (C=O) groups excluding carboxylic acids is 2. The number of aromatic nitrogens is 6. The zero-order chi connectivity index (χ0) is 48.2. The molecule has 14 bridgehead atoms. The molecule has 3 aliphatic rings. The number of carbonyl (C=O) groups is 6. The highest BCUT2D eigenvalue weighted by Crippen LogP contribution is 2.28. The smallest absolute Gasteiger partial charge is 0.335 e. The summed E-state index contributed by atoms with van der Waals surface area (Å²) in [5.41, 5.74) is 12.6. The second kappa shape index (κ2) is 19.6. The van der Waals surface area contributed by atoms with Gasteiger partial charge in [-0.3, -0.25) is 19.4 Å². The molecule has 0 spiro atoms. The monoisotopic (exact) mass is 922 g/mol. The second-order valence-electron chi connectivity index (χ2n) is 16.0. The van der Waals surface area contributed by atoms with E-state index in [1.165, 1.54) is 72.8 Å². The van der Waals surface area contributed by atoms with E-state index in [0.717, 1.165) is 0 Å². The summed E-state index contributed by atoms with van der Waals surface area (Å²) in [6.07, 6.45) is 0. The van der Waals surface area contributed by atoms with Crippen LogP contribution in [0.25, 0.3) is 34.2 Å². The van der Waals surface area contributed by atoms with Crippen molar-refractivity contribution in [3.8, 4) is 34.2 Å². The van der Waals surface area contributed by atoms with Gasteiger partial charge in [0.2, 0.25) is 0 Å². The molecule has 0 saturated carbocycles. The van der Waals surface area contributed by atoms with Crippen molar-refractivity contribution in [3.63, 3.8) is 0 Å². The largest absolute Gasteiger partial charge is 0.478 e. The van der Waals surface area contributed by atoms with Gasteiger partial charge in [0.05, 0.1) is 90.6 Å². The lowest BCUT2D eigenvalue weighted by Gasteiger charge is -2.25. The number of aromatic carboxylic acids is 4. The quantitative estimate of drug-likeness (QED) is 0.0976. The fourth-order valence-electron chi connectivity index (χ4n) is 7.84. The van der Waals surface area contributed by atoms with Crippen LogP contribution in [0, 0.1) is 0 Å². The number of hydrogen-bond donors (Lipinski definition) is 8. The number of carboxylic acid groups (broad SMARTS) is 4. The number of hydrogen-bond acceptors (Lipinski definition) is 16. The van der Waals surface area contributed by atoms with E-state index in [1.807, 2.05) is 0 Å². The van der Waals surface area contributed by atoms with Gasteiger partial charge in [0, 0.05) is 76.6 Å². The van der Waals surface area contributed by atoms with E-state index in [4.69, 9.17) is 41.4 Å². The molecular weight excluding hydrogens is 881 g/mol. The molecule has 0 unspecified atom stereocenters. The van der Waals surface area contributed by atoms with Crippen LogP contribution in [0.1, 0.15) is 96.3 Å². The second-order valence-corrected chi connectivity index (χ2v) is 16.0. The molecule has 9 heterocycles. The Morgan fingerprint density at radius 2 is 0.588 bits per heavy atom. The molecule has 0 fully saturated rings. The van der Waals surface area contributed by atoms with Gasteiger partial charge in [-0.15, -0.1) is 0 Å². The van der Waals surface area contributed by atoms with Crippen molar-refractivity contribution < 1.29 is 49.2 Å². The number of nitrogens with zero attached hydrogens (tertiary/aromatic N) is 8. The number of rotatable bonds is 10. The lowest BCUT2D eigenvalue weighted by atomic mass is 10.1. The summed E-state index contributed by atoms with van der Waals surface area (Å²) < 4.78 is 0. The summed E-state index contributed by atoms with van der Waals surface area (Å²) in [4.78, 5) is 111. The van der Waals surface area contributed by atoms with Gasteiger partial charge < -0.3 is 42.5 Å². The number of pyridine rings is 6. The fourth-order valence-corrected chi connectivity index (χ4v) is 7.84. The van der Waals surface area contributed by atoms with Crippen LogP contribution in [0.15, 0.2) is 72.8 Å². The third-order valence-corrected chi connectivity index (χ3v) is 10.7. The average molecular weight is 923 g/mol. The SMILES string of the molecule is NCCNC(=O)c1cc2nc(c1)-c1cc(C(=O)NCCN)cc(n1)CN1Cc3cc(C(=O)O)cc(n3)-c3cc(C(=O)O)cc(n3)CN(Cc3cc(C(=O)O)cc(n3)-c3cc(C(=O)O)cc(n3)C1)C2. The molecule has 22 nitrogen and oxygen atoms in total. The first-order valence-electron chi connectivity index (χ1n) is 21.0. The summed E-state index contributed by atoms with van der Waals surface area (Å²) in [6.45, 7) is -0.345. The lowest BCUT2D eigenvalue weighted by Crippen LogP contribution is -2.30. The normalized spacial score (nSPS) is 15.1. The van der Waals surface area contributed by atoms with E-state index < -0.39 is 35.7 Å². The Morgan fingerprint density at radius 3 is 0.794 bits per heavy atom. The molecule has 22 heteroatoms. The van der Waals surface area contributed by atoms with Gasteiger partial charge >= 0.3 is 23.9 Å². The minimum Gasteiger partial charge on any atom is -0.478 e. The van der Waals surface area contributed by atoms with Crippen LogP contribution >= 0.6 is 0 Å². The molecule has 3 aliphatic heterocycles. The van der Waals surface area contributed by atoms with Crippen molar-refractivity contribution in [2.75, 3.05) is 26.2 Å². The Kier molecular flexibility index (Phi) is 13.3. The highest BCUT2D eigenvalue weighted by molar-refractivity contribution is 5.97. The zero-order valence-corrected chi connectivity index (χ0v) is 36.0. The van der Waals surface area contributed by atoms with Crippen LogP contribution in [0.4, 0.5) is 0 Å². The molecule has 0 aromatic carbocycles. The first-order valence-corrected chi connectivity index (χ1v) is 21.0. The van der Waals surface area contributed by atoms with Crippen molar-refractivity contribution in [3.05, 3.63) is 140 Å². The van der Waals surface area contributed by atoms with Gasteiger partial charge in [-0.05, 0) is 72.8 Å². The predicted molar refractivity (Wildman–Crippen MR) is 239 cm³/mol. The fraction of sp³-hybridized carbons (Fsp3) is 0.217. The maximum atomic E-state index is 13.7.